The first-order valence-corrected chi connectivity index (χ1v) is 7.06. The molecule has 0 amide bonds. The highest BCUT2D eigenvalue weighted by atomic mass is 35.5. The van der Waals surface area contributed by atoms with Gasteiger partial charge in [-0.15, -0.1) is 0 Å². The van der Waals surface area contributed by atoms with Crippen LogP contribution in [0.15, 0.2) is 18.2 Å². The fraction of sp³-hybridized carbons (Fsp3) is 0.188. The Kier molecular flexibility index (Phi) is 3.77. The van der Waals surface area contributed by atoms with Crippen molar-refractivity contribution in [1.82, 2.24) is 4.98 Å². The zero-order valence-corrected chi connectivity index (χ0v) is 13.0. The monoisotopic (exact) mass is 335 g/mol. The summed E-state index contributed by atoms with van der Waals surface area (Å²) in [7, 11) is 1.19. The number of pyridine rings is 1. The second kappa shape index (κ2) is 5.62. The van der Waals surface area contributed by atoms with Gasteiger partial charge in [-0.2, -0.15) is 0 Å². The Bertz CT molecular complexity index is 830. The van der Waals surface area contributed by atoms with E-state index in [4.69, 9.17) is 21.1 Å². The van der Waals surface area contributed by atoms with Crippen molar-refractivity contribution in [3.8, 4) is 11.1 Å². The summed E-state index contributed by atoms with van der Waals surface area (Å²) in [6.07, 6.45) is 0. The largest absolute Gasteiger partial charge is 0.465 e. The number of halogens is 2. The lowest BCUT2D eigenvalue weighted by atomic mass is 9.92. The van der Waals surface area contributed by atoms with Crippen molar-refractivity contribution >= 4 is 23.5 Å². The van der Waals surface area contributed by atoms with Crippen LogP contribution in [0, 0.1) is 12.7 Å². The van der Waals surface area contributed by atoms with Gasteiger partial charge in [-0.05, 0) is 19.1 Å². The van der Waals surface area contributed by atoms with Gasteiger partial charge in [-0.1, -0.05) is 17.7 Å². The predicted molar refractivity (Wildman–Crippen MR) is 79.8 cm³/mol. The van der Waals surface area contributed by atoms with E-state index in [2.05, 4.69) is 4.98 Å². The summed E-state index contributed by atoms with van der Waals surface area (Å²) in [5, 5.41) is 0.0719. The summed E-state index contributed by atoms with van der Waals surface area (Å²) in [6, 6.07) is 4.11. The number of aromatic nitrogens is 1. The second-order valence-electron chi connectivity index (χ2n) is 4.93. The van der Waals surface area contributed by atoms with E-state index in [9.17, 15) is 14.0 Å². The van der Waals surface area contributed by atoms with Gasteiger partial charge in [0.05, 0.1) is 34.6 Å². The molecule has 0 saturated carbocycles. The van der Waals surface area contributed by atoms with Crippen molar-refractivity contribution in [2.75, 3.05) is 7.11 Å². The maximum Gasteiger partial charge on any atom is 0.341 e. The predicted octanol–water partition coefficient (Wildman–Crippen LogP) is 3.31. The van der Waals surface area contributed by atoms with Gasteiger partial charge in [0.1, 0.15) is 12.4 Å². The molecule has 0 radical (unpaired) electrons. The molecule has 7 heteroatoms. The molecule has 0 unspecified atom stereocenters. The van der Waals surface area contributed by atoms with Gasteiger partial charge in [0, 0.05) is 11.1 Å². The number of ether oxygens (including phenoxy) is 2. The van der Waals surface area contributed by atoms with Gasteiger partial charge in [0.2, 0.25) is 0 Å². The minimum Gasteiger partial charge on any atom is -0.465 e. The SMILES string of the molecule is COC(=O)c1c(C)nc2c(c1-c1c(F)cccc1Cl)C(=O)OC2. The molecule has 3 rings (SSSR count). The molecule has 0 bridgehead atoms. The first-order valence-electron chi connectivity index (χ1n) is 6.69. The van der Waals surface area contributed by atoms with E-state index in [0.717, 1.165) is 0 Å². The molecule has 1 aromatic carbocycles. The maximum atomic E-state index is 14.4. The standard InChI is InChI=1S/C16H11ClFNO4/c1-7-11(15(20)22-2)14(12-8(17)4-3-5-9(12)18)13-10(19-7)6-23-16(13)21/h3-5H,6H2,1-2H3. The molecule has 0 saturated heterocycles. The van der Waals surface area contributed by atoms with E-state index in [0.29, 0.717) is 11.4 Å². The smallest absolute Gasteiger partial charge is 0.341 e. The zero-order chi connectivity index (χ0) is 16.7. The molecule has 118 valence electrons. The van der Waals surface area contributed by atoms with Crippen LogP contribution in [-0.2, 0) is 16.1 Å². The lowest BCUT2D eigenvalue weighted by Gasteiger charge is -2.15. The number of fused-ring (bicyclic) bond motifs is 1. The fourth-order valence-corrected chi connectivity index (χ4v) is 2.89. The summed E-state index contributed by atoms with van der Waals surface area (Å²) >= 11 is 6.12. The molecular formula is C16H11ClFNO4. The Morgan fingerprint density at radius 2 is 2.09 bits per heavy atom. The number of cyclic esters (lactones) is 1. The van der Waals surface area contributed by atoms with Crippen LogP contribution < -0.4 is 0 Å². The molecule has 0 aliphatic carbocycles. The van der Waals surface area contributed by atoms with Crippen LogP contribution in [0.1, 0.15) is 32.1 Å². The molecule has 5 nitrogen and oxygen atoms in total. The van der Waals surface area contributed by atoms with Crippen molar-refractivity contribution < 1.29 is 23.5 Å². The van der Waals surface area contributed by atoms with Crippen LogP contribution >= 0.6 is 11.6 Å². The number of carbonyl (C=O) groups excluding carboxylic acids is 2. The number of hydrogen-bond acceptors (Lipinski definition) is 5. The number of aryl methyl sites for hydroxylation is 1. The van der Waals surface area contributed by atoms with Gasteiger partial charge in [0.15, 0.2) is 0 Å². The first kappa shape index (κ1) is 15.4. The van der Waals surface area contributed by atoms with Gasteiger partial charge in [-0.25, -0.2) is 14.0 Å². The highest BCUT2D eigenvalue weighted by molar-refractivity contribution is 6.34. The number of methoxy groups -OCH3 is 1. The third kappa shape index (κ3) is 2.35. The minimum atomic E-state index is -0.730. The molecule has 2 aromatic rings. The average molecular weight is 336 g/mol. The van der Waals surface area contributed by atoms with E-state index in [-0.39, 0.29) is 33.9 Å². The van der Waals surface area contributed by atoms with Crippen LogP contribution in [0.3, 0.4) is 0 Å². The highest BCUT2D eigenvalue weighted by Gasteiger charge is 2.34. The molecule has 0 atom stereocenters. The maximum absolute atomic E-state index is 14.4. The molecular weight excluding hydrogens is 325 g/mol. The molecule has 0 fully saturated rings. The summed E-state index contributed by atoms with van der Waals surface area (Å²) in [4.78, 5) is 28.5. The normalized spacial score (nSPS) is 12.8. The van der Waals surface area contributed by atoms with E-state index >= 15 is 0 Å². The molecule has 0 N–H and O–H groups in total. The van der Waals surface area contributed by atoms with Crippen molar-refractivity contribution in [3.63, 3.8) is 0 Å². The Morgan fingerprint density at radius 3 is 2.74 bits per heavy atom. The number of rotatable bonds is 2. The summed E-state index contributed by atoms with van der Waals surface area (Å²) in [5.74, 6) is -2.06. The lowest BCUT2D eigenvalue weighted by molar-refractivity contribution is 0.0533. The van der Waals surface area contributed by atoms with Crippen LogP contribution in [-0.4, -0.2) is 24.0 Å². The van der Waals surface area contributed by atoms with Crippen LogP contribution in [0.2, 0.25) is 5.02 Å². The third-order valence-electron chi connectivity index (χ3n) is 3.60. The van der Waals surface area contributed by atoms with E-state index in [1.54, 1.807) is 6.92 Å². The van der Waals surface area contributed by atoms with Crippen LogP contribution in [0.4, 0.5) is 4.39 Å². The molecule has 0 spiro atoms. The van der Waals surface area contributed by atoms with E-state index < -0.39 is 17.8 Å². The second-order valence-corrected chi connectivity index (χ2v) is 5.34. The van der Waals surface area contributed by atoms with Crippen LogP contribution in [0.5, 0.6) is 0 Å². The number of nitrogens with zero attached hydrogens (tertiary/aromatic N) is 1. The van der Waals surface area contributed by atoms with Crippen LogP contribution in [0.25, 0.3) is 11.1 Å². The molecule has 2 heterocycles. The number of esters is 2. The van der Waals surface area contributed by atoms with E-state index in [1.807, 2.05) is 0 Å². The van der Waals surface area contributed by atoms with Crippen molar-refractivity contribution in [3.05, 3.63) is 51.6 Å². The van der Waals surface area contributed by atoms with Crippen molar-refractivity contribution in [1.29, 1.82) is 0 Å². The van der Waals surface area contributed by atoms with Gasteiger partial charge >= 0.3 is 11.9 Å². The number of hydrogen-bond donors (Lipinski definition) is 0. The van der Waals surface area contributed by atoms with Gasteiger partial charge < -0.3 is 9.47 Å². The summed E-state index contributed by atoms with van der Waals surface area (Å²) < 4.78 is 24.1. The van der Waals surface area contributed by atoms with Crippen molar-refractivity contribution in [2.45, 2.75) is 13.5 Å². The quantitative estimate of drug-likeness (QED) is 0.788. The average Bonchev–Trinajstić information content (AvgIpc) is 2.87. The topological polar surface area (TPSA) is 65.5 Å². The first-order chi connectivity index (χ1) is 11.0. The highest BCUT2D eigenvalue weighted by Crippen LogP contribution is 2.40. The number of carbonyl (C=O) groups is 2. The molecule has 1 aliphatic heterocycles. The fourth-order valence-electron chi connectivity index (χ4n) is 2.63. The van der Waals surface area contributed by atoms with E-state index in [1.165, 1.54) is 25.3 Å². The molecule has 23 heavy (non-hydrogen) atoms. The molecule has 1 aliphatic rings. The summed E-state index contributed by atoms with van der Waals surface area (Å²) in [6.45, 7) is 1.54. The Hall–Kier alpha value is -2.47. The van der Waals surface area contributed by atoms with Gasteiger partial charge in [0.25, 0.3) is 0 Å². The summed E-state index contributed by atoms with van der Waals surface area (Å²) in [5.41, 5.74) is 0.706. The van der Waals surface area contributed by atoms with Crippen molar-refractivity contribution in [2.24, 2.45) is 0 Å². The molecule has 1 aromatic heterocycles. The Labute approximate surface area is 136 Å². The minimum absolute atomic E-state index is 0.00269. The number of benzene rings is 1. The Morgan fingerprint density at radius 1 is 1.35 bits per heavy atom. The van der Waals surface area contributed by atoms with Gasteiger partial charge in [-0.3, -0.25) is 4.98 Å². The lowest BCUT2D eigenvalue weighted by Crippen LogP contribution is -2.13. The zero-order valence-electron chi connectivity index (χ0n) is 12.3. The Balaban J connectivity index is 2.47. The third-order valence-corrected chi connectivity index (χ3v) is 3.91.